The van der Waals surface area contributed by atoms with Crippen LogP contribution < -0.4 is 9.47 Å². The highest BCUT2D eigenvalue weighted by atomic mass is 16.7. The Hall–Kier alpha value is -2.58. The number of nitrogens with zero attached hydrogens (tertiary/aromatic N) is 4. The lowest BCUT2D eigenvalue weighted by atomic mass is 10.1. The lowest BCUT2D eigenvalue weighted by molar-refractivity contribution is -0.256. The average Bonchev–Trinajstić information content (AvgIpc) is 2.67. The van der Waals surface area contributed by atoms with Gasteiger partial charge in [-0.05, 0) is 32.4 Å². The number of hydrogen-bond acceptors (Lipinski definition) is 8. The third-order valence-corrected chi connectivity index (χ3v) is 4.24. The molecule has 0 saturated carbocycles. The second-order valence-electron chi connectivity index (χ2n) is 6.69. The van der Waals surface area contributed by atoms with Crippen molar-refractivity contribution in [1.82, 2.24) is 20.2 Å². The van der Waals surface area contributed by atoms with E-state index in [2.05, 4.69) is 26.2 Å². The maximum atomic E-state index is 5.70. The maximum absolute atomic E-state index is 5.70. The van der Waals surface area contributed by atoms with Crippen LogP contribution in [0.3, 0.4) is 0 Å². The molecule has 1 aliphatic rings. The van der Waals surface area contributed by atoms with Gasteiger partial charge in [0, 0.05) is 12.1 Å². The Labute approximate surface area is 158 Å². The number of ether oxygens (including phenoxy) is 4. The zero-order chi connectivity index (χ0) is 19.4. The molecule has 0 aromatic carbocycles. The summed E-state index contributed by atoms with van der Waals surface area (Å²) in [4.78, 5) is 8.33. The second-order valence-corrected chi connectivity index (χ2v) is 6.69. The molecule has 8 heteroatoms. The predicted octanol–water partition coefficient (Wildman–Crippen LogP) is 2.67. The molecule has 0 amide bonds. The minimum absolute atomic E-state index is 0.188. The third kappa shape index (κ3) is 4.58. The van der Waals surface area contributed by atoms with Gasteiger partial charge >= 0.3 is 6.01 Å². The van der Waals surface area contributed by atoms with Crippen LogP contribution in [0.5, 0.6) is 11.9 Å². The van der Waals surface area contributed by atoms with Crippen LogP contribution in [0.2, 0.25) is 0 Å². The van der Waals surface area contributed by atoms with Crippen LogP contribution in [0.25, 0.3) is 17.3 Å². The van der Waals surface area contributed by atoms with Gasteiger partial charge in [0.05, 0.1) is 38.7 Å². The molecule has 3 heterocycles. The smallest absolute Gasteiger partial charge is 0.319 e. The van der Waals surface area contributed by atoms with Crippen LogP contribution >= 0.6 is 0 Å². The van der Waals surface area contributed by atoms with Crippen LogP contribution in [0, 0.1) is 12.8 Å². The van der Waals surface area contributed by atoms with Crippen molar-refractivity contribution in [2.24, 2.45) is 5.92 Å². The molecule has 1 fully saturated rings. The molecule has 0 aliphatic carbocycles. The molecule has 0 atom stereocenters. The van der Waals surface area contributed by atoms with Crippen molar-refractivity contribution in [3.63, 3.8) is 0 Å². The van der Waals surface area contributed by atoms with Crippen molar-refractivity contribution in [2.45, 2.75) is 26.6 Å². The molecular weight excluding hydrogens is 348 g/mol. The Balaban J connectivity index is 1.84. The Morgan fingerprint density at radius 3 is 2.56 bits per heavy atom. The van der Waals surface area contributed by atoms with E-state index in [1.165, 1.54) is 14.2 Å². The first-order valence-electron chi connectivity index (χ1n) is 8.67. The van der Waals surface area contributed by atoms with Crippen LogP contribution in [0.4, 0.5) is 0 Å². The number of rotatable bonds is 5. The summed E-state index contributed by atoms with van der Waals surface area (Å²) in [6.07, 6.45) is 5.70. The molecule has 0 N–H and O–H groups in total. The van der Waals surface area contributed by atoms with E-state index in [0.29, 0.717) is 30.4 Å². The molecule has 2 aromatic rings. The first-order chi connectivity index (χ1) is 12.9. The van der Waals surface area contributed by atoms with Gasteiger partial charge in [-0.2, -0.15) is 10.1 Å². The molecule has 144 valence electrons. The molecule has 0 radical (unpaired) electrons. The maximum Gasteiger partial charge on any atom is 0.319 e. The molecule has 27 heavy (non-hydrogen) atoms. The fourth-order valence-electron chi connectivity index (χ4n) is 2.60. The van der Waals surface area contributed by atoms with Gasteiger partial charge in [0.25, 0.3) is 0 Å². The minimum Gasteiger partial charge on any atom is -0.480 e. The van der Waals surface area contributed by atoms with Gasteiger partial charge in [0.15, 0.2) is 5.79 Å². The van der Waals surface area contributed by atoms with E-state index in [1.54, 1.807) is 6.20 Å². The summed E-state index contributed by atoms with van der Waals surface area (Å²) >= 11 is 0. The molecule has 1 aliphatic heterocycles. The summed E-state index contributed by atoms with van der Waals surface area (Å²) in [5.74, 6) is 0.0514. The van der Waals surface area contributed by atoms with E-state index in [-0.39, 0.29) is 11.9 Å². The number of aromatic nitrogens is 4. The van der Waals surface area contributed by atoms with Gasteiger partial charge < -0.3 is 18.9 Å². The molecule has 0 bridgehead atoms. The zero-order valence-corrected chi connectivity index (χ0v) is 16.2. The Morgan fingerprint density at radius 2 is 1.89 bits per heavy atom. The molecule has 0 unspecified atom stereocenters. The Bertz CT molecular complexity index is 828. The first kappa shape index (κ1) is 19.2. The molecule has 2 aromatic heterocycles. The van der Waals surface area contributed by atoms with Crippen molar-refractivity contribution in [3.05, 3.63) is 29.6 Å². The van der Waals surface area contributed by atoms with Crippen molar-refractivity contribution in [2.75, 3.05) is 27.4 Å². The molecule has 3 rings (SSSR count). The largest absolute Gasteiger partial charge is 0.480 e. The van der Waals surface area contributed by atoms with Crippen LogP contribution in [0.1, 0.15) is 25.1 Å². The minimum atomic E-state index is -0.517. The van der Waals surface area contributed by atoms with E-state index in [0.717, 1.165) is 11.3 Å². The van der Waals surface area contributed by atoms with Gasteiger partial charge in [-0.3, -0.25) is 0 Å². The predicted molar refractivity (Wildman–Crippen MR) is 99.4 cm³/mol. The van der Waals surface area contributed by atoms with Gasteiger partial charge in [0.1, 0.15) is 5.69 Å². The van der Waals surface area contributed by atoms with E-state index in [4.69, 9.17) is 18.9 Å². The fourth-order valence-corrected chi connectivity index (χ4v) is 2.60. The molecule has 0 spiro atoms. The molecule has 8 nitrogen and oxygen atoms in total. The van der Waals surface area contributed by atoms with Gasteiger partial charge in [0.2, 0.25) is 5.88 Å². The van der Waals surface area contributed by atoms with Crippen LogP contribution in [-0.2, 0) is 9.47 Å². The second kappa shape index (κ2) is 7.98. The summed E-state index contributed by atoms with van der Waals surface area (Å²) in [7, 11) is 3.04. The Kier molecular flexibility index (Phi) is 5.67. The summed E-state index contributed by atoms with van der Waals surface area (Å²) in [6, 6.07) is 2.16. The number of methoxy groups -OCH3 is 2. The SMILES string of the molecule is COc1ncc(-c2cc(/C=C/C3COC(C)(C)OC3)c(C)nn2)c(OC)n1. The first-order valence-corrected chi connectivity index (χ1v) is 8.67. The van der Waals surface area contributed by atoms with Crippen molar-refractivity contribution in [3.8, 4) is 23.1 Å². The van der Waals surface area contributed by atoms with E-state index in [9.17, 15) is 0 Å². The number of aryl methyl sites for hydroxylation is 1. The zero-order valence-electron chi connectivity index (χ0n) is 16.2. The lowest BCUT2D eigenvalue weighted by Crippen LogP contribution is -2.38. The highest BCUT2D eigenvalue weighted by Gasteiger charge is 2.26. The van der Waals surface area contributed by atoms with Crippen molar-refractivity contribution >= 4 is 6.08 Å². The fraction of sp³-hybridized carbons (Fsp3) is 0.474. The number of hydrogen-bond donors (Lipinski definition) is 0. The summed E-state index contributed by atoms with van der Waals surface area (Å²) in [5.41, 5.74) is 3.03. The van der Waals surface area contributed by atoms with Gasteiger partial charge in [-0.15, -0.1) is 5.10 Å². The van der Waals surface area contributed by atoms with Crippen molar-refractivity contribution < 1.29 is 18.9 Å². The normalized spacial score (nSPS) is 17.2. The third-order valence-electron chi connectivity index (χ3n) is 4.24. The van der Waals surface area contributed by atoms with Crippen LogP contribution in [-0.4, -0.2) is 53.4 Å². The molecule has 1 saturated heterocycles. The topological polar surface area (TPSA) is 88.5 Å². The summed E-state index contributed by atoms with van der Waals surface area (Å²) in [5, 5.41) is 8.51. The lowest BCUT2D eigenvalue weighted by Gasteiger charge is -2.33. The van der Waals surface area contributed by atoms with E-state index < -0.39 is 5.79 Å². The van der Waals surface area contributed by atoms with Crippen molar-refractivity contribution in [1.29, 1.82) is 0 Å². The standard InChI is InChI=1S/C19H24N4O4/c1-12-14(7-6-13-10-26-19(2,3)27-11-13)8-16(23-22-12)15-9-20-18(25-5)21-17(15)24-4/h6-9,13H,10-11H2,1-5H3/b7-6+. The quantitative estimate of drug-likeness (QED) is 0.791. The van der Waals surface area contributed by atoms with Gasteiger partial charge in [-0.1, -0.05) is 12.2 Å². The van der Waals surface area contributed by atoms with Crippen LogP contribution in [0.15, 0.2) is 18.3 Å². The molecular formula is C19H24N4O4. The van der Waals surface area contributed by atoms with E-state index >= 15 is 0 Å². The van der Waals surface area contributed by atoms with Gasteiger partial charge in [-0.25, -0.2) is 4.98 Å². The summed E-state index contributed by atoms with van der Waals surface area (Å²) < 4.78 is 21.8. The average molecular weight is 372 g/mol. The highest BCUT2D eigenvalue weighted by molar-refractivity contribution is 5.67. The highest BCUT2D eigenvalue weighted by Crippen LogP contribution is 2.28. The summed E-state index contributed by atoms with van der Waals surface area (Å²) in [6.45, 7) is 6.98. The Morgan fingerprint density at radius 1 is 1.15 bits per heavy atom. The van der Waals surface area contributed by atoms with E-state index in [1.807, 2.05) is 32.9 Å². The monoisotopic (exact) mass is 372 g/mol.